The van der Waals surface area contributed by atoms with Crippen molar-refractivity contribution >= 4 is 0 Å². The fourth-order valence-electron chi connectivity index (χ4n) is 0.693. The van der Waals surface area contributed by atoms with E-state index < -0.39 is 37.5 Å². The molecule has 0 aromatic carbocycles. The Morgan fingerprint density at radius 3 is 1.57 bits per heavy atom. The van der Waals surface area contributed by atoms with Gasteiger partial charge in [0.05, 0.1) is 6.42 Å². The van der Waals surface area contributed by atoms with Crippen LogP contribution in [-0.2, 0) is 0 Å². The van der Waals surface area contributed by atoms with Crippen LogP contribution in [0.25, 0.3) is 0 Å². The van der Waals surface area contributed by atoms with Crippen molar-refractivity contribution in [1.29, 1.82) is 0 Å². The Hall–Kier alpha value is -0.560. The molecule has 0 aliphatic rings. The first-order chi connectivity index (χ1) is 6.02. The molecule has 0 aliphatic carbocycles. The van der Waals surface area contributed by atoms with Crippen LogP contribution in [0.5, 0.6) is 0 Å². The van der Waals surface area contributed by atoms with E-state index >= 15 is 0 Å². The van der Waals surface area contributed by atoms with Gasteiger partial charge in [-0.2, -0.15) is 26.3 Å². The second kappa shape index (κ2) is 4.31. The van der Waals surface area contributed by atoms with Crippen molar-refractivity contribution in [3.05, 3.63) is 0 Å². The van der Waals surface area contributed by atoms with Crippen molar-refractivity contribution in [2.75, 3.05) is 0 Å². The molecule has 2 unspecified atom stereocenters. The highest BCUT2D eigenvalue weighted by molar-refractivity contribution is 4.72. The van der Waals surface area contributed by atoms with Gasteiger partial charge < -0.3 is 0 Å². The molecule has 0 nitrogen and oxygen atoms in total. The largest absolute Gasteiger partial charge is 0.419 e. The predicted molar refractivity (Wildman–Crippen MR) is 31.1 cm³/mol. The van der Waals surface area contributed by atoms with E-state index in [1.165, 1.54) is 0 Å². The molecule has 14 heavy (non-hydrogen) atoms. The Balaban J connectivity index is 4.01. The maximum Gasteiger partial charge on any atom is 0.419 e. The summed E-state index contributed by atoms with van der Waals surface area (Å²) in [5.41, 5.74) is 0. The molecule has 0 fully saturated rings. The highest BCUT2D eigenvalue weighted by atomic mass is 19.4. The van der Waals surface area contributed by atoms with Crippen molar-refractivity contribution < 1.29 is 35.1 Å². The lowest BCUT2D eigenvalue weighted by molar-refractivity contribution is -0.191. The maximum absolute atomic E-state index is 12.2. The lowest BCUT2D eigenvalue weighted by atomic mass is 10.1. The number of hydrogen-bond donors (Lipinski definition) is 0. The zero-order valence-electron chi connectivity index (χ0n) is 6.59. The smallest absolute Gasteiger partial charge is 0.247 e. The number of hydrogen-bond acceptors (Lipinski definition) is 0. The van der Waals surface area contributed by atoms with E-state index in [1.54, 1.807) is 0 Å². The Labute approximate surface area is 73.9 Å². The van der Waals surface area contributed by atoms with E-state index in [0.717, 1.165) is 0 Å². The van der Waals surface area contributed by atoms with Gasteiger partial charge in [0, 0.05) is 6.42 Å². The Kier molecular flexibility index (Phi) is 4.14. The van der Waals surface area contributed by atoms with Crippen molar-refractivity contribution in [3.63, 3.8) is 0 Å². The van der Waals surface area contributed by atoms with E-state index in [-0.39, 0.29) is 0 Å². The van der Waals surface area contributed by atoms with E-state index in [4.69, 9.17) is 0 Å². The van der Waals surface area contributed by atoms with Gasteiger partial charge in [0.15, 0.2) is 6.17 Å². The van der Waals surface area contributed by atoms with Gasteiger partial charge in [-0.05, 0) is 0 Å². The molecule has 0 saturated heterocycles. The standard InChI is InChI=1S/C6H6F8/c7-3(2-5(9,10)11)1-4(8)6(12,13)14/h3-4H,1-2H2. The third-order valence-electron chi connectivity index (χ3n) is 1.27. The SMILES string of the molecule is FC(CC(F)C(F)(F)F)CC(F)(F)F. The van der Waals surface area contributed by atoms with Crippen LogP contribution in [0.3, 0.4) is 0 Å². The summed E-state index contributed by atoms with van der Waals surface area (Å²) in [7, 11) is 0. The van der Waals surface area contributed by atoms with Gasteiger partial charge >= 0.3 is 12.4 Å². The zero-order chi connectivity index (χ0) is 11.6. The molecule has 0 aliphatic heterocycles. The maximum atomic E-state index is 12.2. The van der Waals surface area contributed by atoms with E-state index in [2.05, 4.69) is 0 Å². The fraction of sp³-hybridized carbons (Fsp3) is 1.00. The van der Waals surface area contributed by atoms with Crippen LogP contribution in [0.1, 0.15) is 12.8 Å². The molecule has 0 aromatic heterocycles. The zero-order valence-corrected chi connectivity index (χ0v) is 6.59. The predicted octanol–water partition coefficient (Wildman–Crippen LogP) is 3.57. The van der Waals surface area contributed by atoms with Gasteiger partial charge in [-0.3, -0.25) is 0 Å². The first kappa shape index (κ1) is 13.4. The summed E-state index contributed by atoms with van der Waals surface area (Å²) in [4.78, 5) is 0. The van der Waals surface area contributed by atoms with Gasteiger partial charge in [0.2, 0.25) is 0 Å². The van der Waals surface area contributed by atoms with Gasteiger partial charge in [-0.15, -0.1) is 0 Å². The van der Waals surface area contributed by atoms with Gasteiger partial charge in [0.25, 0.3) is 0 Å². The van der Waals surface area contributed by atoms with Crippen LogP contribution in [0, 0.1) is 0 Å². The van der Waals surface area contributed by atoms with Gasteiger partial charge in [0.1, 0.15) is 6.17 Å². The highest BCUT2D eigenvalue weighted by Gasteiger charge is 2.43. The normalized spacial score (nSPS) is 18.0. The molecule has 8 heteroatoms. The first-order valence-corrected chi connectivity index (χ1v) is 3.44. The van der Waals surface area contributed by atoms with Crippen molar-refractivity contribution in [2.24, 2.45) is 0 Å². The molecule has 0 spiro atoms. The third kappa shape index (κ3) is 5.98. The molecule has 0 amide bonds. The minimum atomic E-state index is -5.31. The van der Waals surface area contributed by atoms with E-state index in [1.807, 2.05) is 0 Å². The van der Waals surface area contributed by atoms with Crippen molar-refractivity contribution in [1.82, 2.24) is 0 Å². The summed E-state index contributed by atoms with van der Waals surface area (Å²) >= 11 is 0. The molecular formula is C6H6F8. The minimum absolute atomic E-state index is 1.82. The lowest BCUT2D eigenvalue weighted by Crippen LogP contribution is -2.29. The average molecular weight is 230 g/mol. The highest BCUT2D eigenvalue weighted by Crippen LogP contribution is 2.31. The minimum Gasteiger partial charge on any atom is -0.247 e. The fourth-order valence-corrected chi connectivity index (χ4v) is 0.693. The molecule has 2 atom stereocenters. The first-order valence-electron chi connectivity index (χ1n) is 3.44. The Morgan fingerprint density at radius 1 is 0.857 bits per heavy atom. The quantitative estimate of drug-likeness (QED) is 0.650. The molecule has 0 heterocycles. The van der Waals surface area contributed by atoms with Crippen LogP contribution >= 0.6 is 0 Å². The summed E-state index contributed by atoms with van der Waals surface area (Å²) < 4.78 is 92.7. The van der Waals surface area contributed by atoms with Crippen molar-refractivity contribution in [2.45, 2.75) is 37.5 Å². The average Bonchev–Trinajstić information content (AvgIpc) is 1.79. The topological polar surface area (TPSA) is 0 Å². The van der Waals surface area contributed by atoms with Crippen molar-refractivity contribution in [3.8, 4) is 0 Å². The van der Waals surface area contributed by atoms with Crippen LogP contribution in [-0.4, -0.2) is 24.7 Å². The number of rotatable bonds is 3. The molecule has 0 saturated carbocycles. The second-order valence-electron chi connectivity index (χ2n) is 2.66. The Bertz CT molecular complexity index is 168. The molecule has 86 valence electrons. The molecule has 0 rings (SSSR count). The summed E-state index contributed by atoms with van der Waals surface area (Å²) in [5.74, 6) is 0. The molecular weight excluding hydrogens is 224 g/mol. The monoisotopic (exact) mass is 230 g/mol. The van der Waals surface area contributed by atoms with Crippen LogP contribution in [0.4, 0.5) is 35.1 Å². The number of alkyl halides is 8. The summed E-state index contributed by atoms with van der Waals surface area (Å²) in [6.07, 6.45) is -20.5. The lowest BCUT2D eigenvalue weighted by Gasteiger charge is -2.15. The van der Waals surface area contributed by atoms with Crippen LogP contribution < -0.4 is 0 Å². The summed E-state index contributed by atoms with van der Waals surface area (Å²) in [6, 6.07) is 0. The van der Waals surface area contributed by atoms with E-state index in [9.17, 15) is 35.1 Å². The summed E-state index contributed by atoms with van der Waals surface area (Å²) in [6.45, 7) is 0. The third-order valence-corrected chi connectivity index (χ3v) is 1.27. The van der Waals surface area contributed by atoms with Gasteiger partial charge in [-0.25, -0.2) is 8.78 Å². The number of halogens is 8. The molecule has 0 N–H and O–H groups in total. The van der Waals surface area contributed by atoms with Crippen LogP contribution in [0.15, 0.2) is 0 Å². The van der Waals surface area contributed by atoms with Gasteiger partial charge in [-0.1, -0.05) is 0 Å². The second-order valence-corrected chi connectivity index (χ2v) is 2.66. The molecule has 0 bridgehead atoms. The van der Waals surface area contributed by atoms with E-state index in [0.29, 0.717) is 0 Å². The summed E-state index contributed by atoms with van der Waals surface area (Å²) in [5, 5.41) is 0. The Morgan fingerprint density at radius 2 is 1.29 bits per heavy atom. The van der Waals surface area contributed by atoms with Crippen LogP contribution in [0.2, 0.25) is 0 Å². The molecule has 0 aromatic rings. The molecule has 0 radical (unpaired) electrons.